The molecule has 0 amide bonds. The van der Waals surface area contributed by atoms with Gasteiger partial charge < -0.3 is 0 Å². The highest BCUT2D eigenvalue weighted by atomic mass is 15.1. The quantitative estimate of drug-likeness (QED) is 0.312. The van der Waals surface area contributed by atoms with E-state index in [9.17, 15) is 0 Å². The first kappa shape index (κ1) is 17.2. The van der Waals surface area contributed by atoms with Gasteiger partial charge in [-0.3, -0.25) is 4.40 Å². The Hall–Kier alpha value is -2.42. The van der Waals surface area contributed by atoms with Crippen LogP contribution in [0, 0.1) is 0 Å². The minimum absolute atomic E-state index is 0.0455. The Morgan fingerprint density at radius 1 is 0.710 bits per heavy atom. The Labute approximate surface area is 182 Å². The lowest BCUT2D eigenvalue weighted by Gasteiger charge is -2.22. The topological polar surface area (TPSA) is 30.2 Å². The fourth-order valence-electron chi connectivity index (χ4n) is 7.62. The van der Waals surface area contributed by atoms with Crippen molar-refractivity contribution in [3.05, 3.63) is 52.3 Å². The number of fused-ring (bicyclic) bond motifs is 15. The average molecular weight is 408 g/mol. The minimum atomic E-state index is -0.0455. The van der Waals surface area contributed by atoms with Crippen molar-refractivity contribution < 1.29 is 0 Å². The zero-order valence-electron chi connectivity index (χ0n) is 18.7. The van der Waals surface area contributed by atoms with Crippen LogP contribution >= 0.6 is 0 Å². The standard InChI is InChI=1S/C28H29N3/c1-28(2,3)27-30-23-11-19-15-5-4-14(8-15)18(19)10-22(23)26-29-24-12-20-16-6-7-17(9-16)21(20)13-25(24)31(26)27/h10-17H,4-9H2,1-3H3/t14-,15+,16-,17+/m1/s1. The lowest BCUT2D eigenvalue weighted by Crippen LogP contribution is -2.19. The van der Waals surface area contributed by atoms with Crippen molar-refractivity contribution in [2.45, 2.75) is 88.4 Å². The van der Waals surface area contributed by atoms with Crippen molar-refractivity contribution in [1.82, 2.24) is 14.4 Å². The van der Waals surface area contributed by atoms with E-state index in [1.165, 1.54) is 49.4 Å². The summed E-state index contributed by atoms with van der Waals surface area (Å²) >= 11 is 0. The Kier molecular flexibility index (Phi) is 2.94. The molecule has 3 nitrogen and oxygen atoms in total. The summed E-state index contributed by atoms with van der Waals surface area (Å²) in [5.74, 6) is 4.20. The zero-order valence-corrected chi connectivity index (χ0v) is 18.7. The van der Waals surface area contributed by atoms with Crippen LogP contribution in [0.15, 0.2) is 24.3 Å². The largest absolute Gasteiger partial charge is 0.279 e. The van der Waals surface area contributed by atoms with Gasteiger partial charge in [-0.15, -0.1) is 0 Å². The van der Waals surface area contributed by atoms with Crippen LogP contribution in [-0.4, -0.2) is 14.4 Å². The first-order valence-electron chi connectivity index (χ1n) is 12.3. The second kappa shape index (κ2) is 5.31. The highest BCUT2D eigenvalue weighted by molar-refractivity contribution is 5.98. The maximum Gasteiger partial charge on any atom is 0.148 e. The van der Waals surface area contributed by atoms with Gasteiger partial charge in [0.05, 0.1) is 16.6 Å². The van der Waals surface area contributed by atoms with Crippen LogP contribution in [0.3, 0.4) is 0 Å². The first-order valence-corrected chi connectivity index (χ1v) is 12.3. The number of hydrogen-bond acceptors (Lipinski definition) is 2. The molecule has 4 aromatic rings. The second-order valence-electron chi connectivity index (χ2n) is 11.8. The molecule has 4 aliphatic rings. The van der Waals surface area contributed by atoms with Crippen LogP contribution in [0.2, 0.25) is 0 Å². The third-order valence-corrected chi connectivity index (χ3v) is 9.04. The van der Waals surface area contributed by atoms with Crippen molar-refractivity contribution >= 4 is 27.6 Å². The molecule has 2 fully saturated rings. The van der Waals surface area contributed by atoms with Gasteiger partial charge >= 0.3 is 0 Å². The van der Waals surface area contributed by atoms with Crippen molar-refractivity contribution in [2.75, 3.05) is 0 Å². The van der Waals surface area contributed by atoms with Gasteiger partial charge in [-0.1, -0.05) is 20.8 Å². The molecule has 0 radical (unpaired) electrons. The van der Waals surface area contributed by atoms with Crippen LogP contribution in [0.1, 0.15) is 111 Å². The molecule has 4 aliphatic carbocycles. The number of hydrogen-bond donors (Lipinski definition) is 0. The molecule has 0 saturated heterocycles. The van der Waals surface area contributed by atoms with Crippen molar-refractivity contribution in [2.24, 2.45) is 0 Å². The maximum absolute atomic E-state index is 5.32. The van der Waals surface area contributed by atoms with Crippen LogP contribution in [-0.2, 0) is 5.41 Å². The van der Waals surface area contributed by atoms with Crippen LogP contribution in [0.4, 0.5) is 0 Å². The molecule has 4 bridgehead atoms. The van der Waals surface area contributed by atoms with Gasteiger partial charge in [-0.05, 0) is 109 Å². The fourth-order valence-corrected chi connectivity index (χ4v) is 7.62. The van der Waals surface area contributed by atoms with Gasteiger partial charge in [0.1, 0.15) is 11.5 Å². The molecule has 2 aromatic heterocycles. The molecule has 3 heteroatoms. The van der Waals surface area contributed by atoms with E-state index in [0.717, 1.165) is 46.2 Å². The van der Waals surface area contributed by atoms with Gasteiger partial charge in [-0.25, -0.2) is 9.97 Å². The summed E-state index contributed by atoms with van der Waals surface area (Å²) in [6.45, 7) is 6.87. The number of rotatable bonds is 0. The van der Waals surface area contributed by atoms with Crippen molar-refractivity contribution in [3.8, 4) is 0 Å². The summed E-state index contributed by atoms with van der Waals surface area (Å²) < 4.78 is 2.41. The maximum atomic E-state index is 5.32. The Balaban J connectivity index is 1.51. The minimum Gasteiger partial charge on any atom is -0.279 e. The predicted molar refractivity (Wildman–Crippen MR) is 125 cm³/mol. The van der Waals surface area contributed by atoms with E-state index in [1.54, 1.807) is 22.3 Å². The molecule has 2 aromatic carbocycles. The molecule has 31 heavy (non-hydrogen) atoms. The number of imidazole rings is 1. The van der Waals surface area contributed by atoms with Gasteiger partial charge in [0.15, 0.2) is 0 Å². The lowest BCUT2D eigenvalue weighted by atomic mass is 9.90. The van der Waals surface area contributed by atoms with E-state index in [0.29, 0.717) is 0 Å². The summed E-state index contributed by atoms with van der Waals surface area (Å²) in [5, 5.41) is 1.25. The van der Waals surface area contributed by atoms with Crippen LogP contribution < -0.4 is 0 Å². The third-order valence-electron chi connectivity index (χ3n) is 9.04. The Bertz CT molecular complexity index is 1450. The summed E-state index contributed by atoms with van der Waals surface area (Å²) in [6.07, 6.45) is 8.15. The molecule has 2 saturated carbocycles. The summed E-state index contributed by atoms with van der Waals surface area (Å²) in [6, 6.07) is 9.79. The second-order valence-corrected chi connectivity index (χ2v) is 11.8. The molecule has 0 spiro atoms. The van der Waals surface area contributed by atoms with Gasteiger partial charge in [0.25, 0.3) is 0 Å². The lowest BCUT2D eigenvalue weighted by molar-refractivity contribution is 0.542. The van der Waals surface area contributed by atoms with Crippen LogP contribution in [0.25, 0.3) is 27.6 Å². The molecule has 2 heterocycles. The Morgan fingerprint density at radius 3 is 1.87 bits per heavy atom. The van der Waals surface area contributed by atoms with E-state index in [-0.39, 0.29) is 5.41 Å². The SMILES string of the molecule is CC(C)(C)c1nc2cc3c(cc2c2nc4cc5c(cc4n12)[C@H]1CC[C@@H]5C1)[C@@H]1CC[C@H]3C1. The third kappa shape index (κ3) is 2.06. The van der Waals surface area contributed by atoms with E-state index >= 15 is 0 Å². The average Bonchev–Trinajstić information content (AvgIpc) is 3.55. The van der Waals surface area contributed by atoms with Crippen LogP contribution in [0.5, 0.6) is 0 Å². The summed E-state index contributed by atoms with van der Waals surface area (Å²) in [7, 11) is 0. The number of nitrogens with zero attached hydrogens (tertiary/aromatic N) is 3. The van der Waals surface area contributed by atoms with Crippen molar-refractivity contribution in [3.63, 3.8) is 0 Å². The number of aromatic nitrogens is 3. The molecule has 4 atom stereocenters. The summed E-state index contributed by atoms with van der Waals surface area (Å²) in [4.78, 5) is 10.6. The van der Waals surface area contributed by atoms with Gasteiger partial charge in [-0.2, -0.15) is 0 Å². The molecular weight excluding hydrogens is 378 g/mol. The van der Waals surface area contributed by atoms with E-state index in [4.69, 9.17) is 9.97 Å². The van der Waals surface area contributed by atoms with E-state index < -0.39 is 0 Å². The van der Waals surface area contributed by atoms with Gasteiger partial charge in [0.2, 0.25) is 0 Å². The highest BCUT2D eigenvalue weighted by Gasteiger charge is 2.39. The molecule has 0 aliphatic heterocycles. The first-order chi connectivity index (χ1) is 15.0. The number of benzene rings is 2. The van der Waals surface area contributed by atoms with Crippen molar-refractivity contribution in [1.29, 1.82) is 0 Å². The normalized spacial score (nSPS) is 28.4. The molecule has 156 valence electrons. The molecular formula is C28H29N3. The smallest absolute Gasteiger partial charge is 0.148 e. The van der Waals surface area contributed by atoms with E-state index in [1.807, 2.05) is 0 Å². The molecule has 8 rings (SSSR count). The monoisotopic (exact) mass is 407 g/mol. The van der Waals surface area contributed by atoms with E-state index in [2.05, 4.69) is 49.4 Å². The highest BCUT2D eigenvalue weighted by Crippen LogP contribution is 2.55. The zero-order chi connectivity index (χ0) is 20.6. The fraction of sp³-hybridized carbons (Fsp3) is 0.500. The molecule has 0 unspecified atom stereocenters. The van der Waals surface area contributed by atoms with Gasteiger partial charge in [0, 0.05) is 10.8 Å². The molecule has 0 N–H and O–H groups in total. The summed E-state index contributed by atoms with van der Waals surface area (Å²) in [5.41, 5.74) is 11.0. The Morgan fingerprint density at radius 2 is 1.26 bits per heavy atom. The predicted octanol–water partition coefficient (Wildman–Crippen LogP) is 7.06.